The van der Waals surface area contributed by atoms with Gasteiger partial charge in [0.15, 0.2) is 0 Å². The van der Waals surface area contributed by atoms with E-state index in [4.69, 9.17) is 10.5 Å². The molecule has 0 atom stereocenters. The molecule has 1 saturated carbocycles. The fraction of sp³-hybridized carbons (Fsp3) is 0.769. The van der Waals surface area contributed by atoms with E-state index in [2.05, 4.69) is 24.8 Å². The number of anilines is 3. The molecule has 1 aliphatic heterocycles. The second-order valence-electron chi connectivity index (χ2n) is 5.44. The number of nitrogens with zero attached hydrogens (tertiary/aromatic N) is 5. The lowest BCUT2D eigenvalue weighted by molar-refractivity contribution is 0.122. The number of morpholine rings is 1. The van der Waals surface area contributed by atoms with Gasteiger partial charge in [-0.2, -0.15) is 15.0 Å². The summed E-state index contributed by atoms with van der Waals surface area (Å²) >= 11 is 0. The molecule has 0 radical (unpaired) electrons. The average Bonchev–Trinajstić information content (AvgIpc) is 3.01. The number of aromatic nitrogens is 3. The maximum Gasteiger partial charge on any atom is 0.232 e. The van der Waals surface area contributed by atoms with E-state index in [-0.39, 0.29) is 0 Å². The minimum atomic E-state index is 0.293. The summed E-state index contributed by atoms with van der Waals surface area (Å²) in [6.07, 6.45) is 4.97. The summed E-state index contributed by atoms with van der Waals surface area (Å²) in [6, 6.07) is 0.523. The summed E-state index contributed by atoms with van der Waals surface area (Å²) < 4.78 is 5.36. The molecule has 1 aromatic rings. The Balaban J connectivity index is 1.81. The Hall–Kier alpha value is -1.63. The molecule has 2 fully saturated rings. The van der Waals surface area contributed by atoms with Crippen LogP contribution in [0.1, 0.15) is 25.7 Å². The largest absolute Gasteiger partial charge is 0.378 e. The molecule has 3 rings (SSSR count). The first-order chi connectivity index (χ1) is 9.74. The summed E-state index contributed by atoms with van der Waals surface area (Å²) in [6.45, 7) is 3.02. The summed E-state index contributed by atoms with van der Waals surface area (Å²) in [5, 5.41) is 0. The van der Waals surface area contributed by atoms with Crippen molar-refractivity contribution in [1.29, 1.82) is 0 Å². The molecule has 7 nitrogen and oxygen atoms in total. The number of rotatable bonds is 3. The highest BCUT2D eigenvalue weighted by molar-refractivity contribution is 5.44. The minimum absolute atomic E-state index is 0.293. The molecule has 1 saturated heterocycles. The topological polar surface area (TPSA) is 80.4 Å². The van der Waals surface area contributed by atoms with Crippen LogP contribution >= 0.6 is 0 Å². The van der Waals surface area contributed by atoms with Crippen molar-refractivity contribution in [3.05, 3.63) is 0 Å². The van der Waals surface area contributed by atoms with Crippen molar-refractivity contribution < 1.29 is 4.74 Å². The molecule has 2 N–H and O–H groups in total. The molecule has 7 heteroatoms. The predicted molar refractivity (Wildman–Crippen MR) is 77.9 cm³/mol. The van der Waals surface area contributed by atoms with E-state index < -0.39 is 0 Å². The number of nitrogen functional groups attached to an aromatic ring is 1. The molecule has 0 spiro atoms. The van der Waals surface area contributed by atoms with E-state index >= 15 is 0 Å². The van der Waals surface area contributed by atoms with Gasteiger partial charge in [0.1, 0.15) is 0 Å². The summed E-state index contributed by atoms with van der Waals surface area (Å²) in [4.78, 5) is 17.4. The fourth-order valence-electron chi connectivity index (χ4n) is 2.89. The third-order valence-electron chi connectivity index (χ3n) is 4.11. The third kappa shape index (κ3) is 2.77. The predicted octanol–water partition coefficient (Wildman–Crippen LogP) is 0.669. The van der Waals surface area contributed by atoms with Gasteiger partial charge in [-0.25, -0.2) is 0 Å². The molecule has 2 heterocycles. The van der Waals surface area contributed by atoms with Crippen LogP contribution in [-0.4, -0.2) is 54.3 Å². The molecule has 110 valence electrons. The molecule has 2 aliphatic rings. The van der Waals surface area contributed by atoms with Gasteiger partial charge in [-0.3, -0.25) is 0 Å². The second-order valence-corrected chi connectivity index (χ2v) is 5.44. The van der Waals surface area contributed by atoms with Crippen molar-refractivity contribution >= 4 is 17.8 Å². The Labute approximate surface area is 119 Å². The van der Waals surface area contributed by atoms with Crippen LogP contribution in [0.25, 0.3) is 0 Å². The van der Waals surface area contributed by atoms with Crippen LogP contribution in [0.5, 0.6) is 0 Å². The van der Waals surface area contributed by atoms with Crippen LogP contribution in [0, 0.1) is 0 Å². The van der Waals surface area contributed by atoms with Crippen LogP contribution in [0.2, 0.25) is 0 Å². The van der Waals surface area contributed by atoms with E-state index in [0.717, 1.165) is 13.1 Å². The molecule has 1 aliphatic carbocycles. The van der Waals surface area contributed by atoms with Crippen LogP contribution in [0.15, 0.2) is 0 Å². The zero-order chi connectivity index (χ0) is 13.9. The van der Waals surface area contributed by atoms with E-state index in [1.54, 1.807) is 0 Å². The number of hydrogen-bond donors (Lipinski definition) is 1. The van der Waals surface area contributed by atoms with Gasteiger partial charge in [0.2, 0.25) is 17.8 Å². The van der Waals surface area contributed by atoms with Gasteiger partial charge < -0.3 is 20.3 Å². The van der Waals surface area contributed by atoms with Crippen LogP contribution < -0.4 is 15.5 Å². The highest BCUT2D eigenvalue weighted by Crippen LogP contribution is 2.26. The minimum Gasteiger partial charge on any atom is -0.378 e. The highest BCUT2D eigenvalue weighted by atomic mass is 16.5. The molecule has 0 unspecified atom stereocenters. The third-order valence-corrected chi connectivity index (χ3v) is 4.11. The van der Waals surface area contributed by atoms with Crippen molar-refractivity contribution in [3.8, 4) is 0 Å². The van der Waals surface area contributed by atoms with Crippen LogP contribution in [0.4, 0.5) is 17.8 Å². The van der Waals surface area contributed by atoms with E-state index in [1.807, 2.05) is 7.05 Å². The molecular formula is C13H22N6O. The van der Waals surface area contributed by atoms with Gasteiger partial charge in [-0.15, -0.1) is 0 Å². The van der Waals surface area contributed by atoms with Crippen molar-refractivity contribution in [1.82, 2.24) is 15.0 Å². The van der Waals surface area contributed by atoms with Gasteiger partial charge >= 0.3 is 0 Å². The fourth-order valence-corrected chi connectivity index (χ4v) is 2.89. The van der Waals surface area contributed by atoms with Gasteiger partial charge in [-0.05, 0) is 12.8 Å². The quantitative estimate of drug-likeness (QED) is 0.870. The van der Waals surface area contributed by atoms with Crippen molar-refractivity contribution in [2.24, 2.45) is 0 Å². The Kier molecular flexibility index (Phi) is 3.86. The Morgan fingerprint density at radius 2 is 1.85 bits per heavy atom. The maximum atomic E-state index is 5.86. The average molecular weight is 278 g/mol. The molecule has 20 heavy (non-hydrogen) atoms. The summed E-state index contributed by atoms with van der Waals surface area (Å²) in [5.41, 5.74) is 5.86. The van der Waals surface area contributed by atoms with Gasteiger partial charge in [0, 0.05) is 26.2 Å². The lowest BCUT2D eigenvalue weighted by Crippen LogP contribution is -2.38. The van der Waals surface area contributed by atoms with Crippen LogP contribution in [0.3, 0.4) is 0 Å². The number of ether oxygens (including phenoxy) is 1. The zero-order valence-corrected chi connectivity index (χ0v) is 12.0. The first-order valence-corrected chi connectivity index (χ1v) is 7.31. The molecule has 0 aromatic carbocycles. The molecule has 0 bridgehead atoms. The maximum absolute atomic E-state index is 5.86. The molecular weight excluding hydrogens is 256 g/mol. The smallest absolute Gasteiger partial charge is 0.232 e. The standard InChI is InChI=1S/C13H22N6O/c1-18(10-4-2-3-5-10)12-15-11(14)16-13(17-12)19-6-8-20-9-7-19/h10H,2-9H2,1H3,(H2,14,15,16,17). The van der Waals surface area contributed by atoms with Gasteiger partial charge in [-0.1, -0.05) is 12.8 Å². The second kappa shape index (κ2) is 5.78. The first kappa shape index (κ1) is 13.4. The van der Waals surface area contributed by atoms with E-state index in [1.165, 1.54) is 25.7 Å². The summed E-state index contributed by atoms with van der Waals surface area (Å²) in [7, 11) is 2.05. The molecule has 0 amide bonds. The first-order valence-electron chi connectivity index (χ1n) is 7.31. The summed E-state index contributed by atoms with van der Waals surface area (Å²) in [5.74, 6) is 1.65. The number of nitrogens with two attached hydrogens (primary N) is 1. The Morgan fingerprint density at radius 3 is 2.55 bits per heavy atom. The van der Waals surface area contributed by atoms with Gasteiger partial charge in [0.05, 0.1) is 13.2 Å². The van der Waals surface area contributed by atoms with Crippen molar-refractivity contribution in [2.45, 2.75) is 31.7 Å². The van der Waals surface area contributed by atoms with Crippen LogP contribution in [-0.2, 0) is 4.74 Å². The van der Waals surface area contributed by atoms with E-state index in [0.29, 0.717) is 37.1 Å². The van der Waals surface area contributed by atoms with Crippen molar-refractivity contribution in [2.75, 3.05) is 48.9 Å². The zero-order valence-electron chi connectivity index (χ0n) is 12.0. The number of hydrogen-bond acceptors (Lipinski definition) is 7. The molecule has 1 aromatic heterocycles. The lowest BCUT2D eigenvalue weighted by Gasteiger charge is -2.29. The van der Waals surface area contributed by atoms with Gasteiger partial charge in [0.25, 0.3) is 0 Å². The Morgan fingerprint density at radius 1 is 1.15 bits per heavy atom. The highest BCUT2D eigenvalue weighted by Gasteiger charge is 2.23. The Bertz CT molecular complexity index is 456. The normalized spacial score (nSPS) is 20.4. The lowest BCUT2D eigenvalue weighted by atomic mass is 10.2. The SMILES string of the molecule is CN(c1nc(N)nc(N2CCOCC2)n1)C1CCCC1. The van der Waals surface area contributed by atoms with E-state index in [9.17, 15) is 0 Å². The van der Waals surface area contributed by atoms with Crippen molar-refractivity contribution in [3.63, 3.8) is 0 Å². The monoisotopic (exact) mass is 278 g/mol.